The SMILES string of the molecule is CCn1cc(C#N)c(=O)n(Cc2ccn(C(C)C)n2)c1=O. The molecular weight excluding hydrogens is 270 g/mol. The molecule has 2 heterocycles. The van der Waals surface area contributed by atoms with E-state index in [1.54, 1.807) is 23.9 Å². The summed E-state index contributed by atoms with van der Waals surface area (Å²) in [4.78, 5) is 24.3. The second-order valence-corrected chi connectivity index (χ2v) is 5.00. The molecule has 0 aromatic carbocycles. The van der Waals surface area contributed by atoms with Crippen LogP contribution in [0.5, 0.6) is 0 Å². The lowest BCUT2D eigenvalue weighted by atomic mass is 10.3. The van der Waals surface area contributed by atoms with Crippen LogP contribution in [0.2, 0.25) is 0 Å². The molecule has 2 aromatic heterocycles. The van der Waals surface area contributed by atoms with Crippen LogP contribution in [0, 0.1) is 11.3 Å². The largest absolute Gasteiger partial charge is 0.331 e. The van der Waals surface area contributed by atoms with Gasteiger partial charge >= 0.3 is 5.69 Å². The molecule has 0 aliphatic carbocycles. The third kappa shape index (κ3) is 2.79. The van der Waals surface area contributed by atoms with Crippen molar-refractivity contribution in [3.05, 3.63) is 50.6 Å². The van der Waals surface area contributed by atoms with Gasteiger partial charge in [0.15, 0.2) is 0 Å². The van der Waals surface area contributed by atoms with Crippen LogP contribution in [0.4, 0.5) is 0 Å². The van der Waals surface area contributed by atoms with Gasteiger partial charge in [0.2, 0.25) is 0 Å². The van der Waals surface area contributed by atoms with Crippen LogP contribution in [-0.2, 0) is 13.1 Å². The predicted molar refractivity (Wildman–Crippen MR) is 77.1 cm³/mol. The Bertz CT molecular complexity index is 804. The van der Waals surface area contributed by atoms with Crippen LogP contribution in [-0.4, -0.2) is 18.9 Å². The Kier molecular flexibility index (Phi) is 4.08. The number of hydrogen-bond donors (Lipinski definition) is 0. The minimum Gasteiger partial charge on any atom is -0.299 e. The van der Waals surface area contributed by atoms with Gasteiger partial charge in [0.25, 0.3) is 5.56 Å². The number of nitriles is 1. The van der Waals surface area contributed by atoms with Gasteiger partial charge in [-0.05, 0) is 26.8 Å². The zero-order valence-corrected chi connectivity index (χ0v) is 12.3. The molecule has 0 atom stereocenters. The molecule has 0 spiro atoms. The second kappa shape index (κ2) is 5.79. The van der Waals surface area contributed by atoms with Crippen LogP contribution < -0.4 is 11.2 Å². The molecule has 0 aliphatic heterocycles. The highest BCUT2D eigenvalue weighted by molar-refractivity contribution is 5.22. The van der Waals surface area contributed by atoms with Crippen molar-refractivity contribution in [2.45, 2.75) is 39.9 Å². The monoisotopic (exact) mass is 287 g/mol. The third-order valence-corrected chi connectivity index (χ3v) is 3.21. The number of aryl methyl sites for hydroxylation is 1. The van der Waals surface area contributed by atoms with E-state index in [0.717, 1.165) is 4.57 Å². The Morgan fingerprint density at radius 2 is 2.10 bits per heavy atom. The summed E-state index contributed by atoms with van der Waals surface area (Å²) in [6.07, 6.45) is 3.10. The van der Waals surface area contributed by atoms with Gasteiger partial charge in [0, 0.05) is 25.0 Å². The first-order chi connectivity index (χ1) is 9.97. The first-order valence-corrected chi connectivity index (χ1v) is 6.76. The van der Waals surface area contributed by atoms with Gasteiger partial charge in [-0.3, -0.25) is 18.6 Å². The van der Waals surface area contributed by atoms with Crippen molar-refractivity contribution in [1.29, 1.82) is 5.26 Å². The van der Waals surface area contributed by atoms with Gasteiger partial charge < -0.3 is 0 Å². The van der Waals surface area contributed by atoms with E-state index in [4.69, 9.17) is 5.26 Å². The fourth-order valence-corrected chi connectivity index (χ4v) is 2.01. The zero-order chi connectivity index (χ0) is 15.6. The summed E-state index contributed by atoms with van der Waals surface area (Å²) in [6, 6.07) is 3.80. The van der Waals surface area contributed by atoms with Crippen molar-refractivity contribution >= 4 is 0 Å². The highest BCUT2D eigenvalue weighted by atomic mass is 16.2. The van der Waals surface area contributed by atoms with Crippen molar-refractivity contribution in [3.63, 3.8) is 0 Å². The van der Waals surface area contributed by atoms with E-state index in [9.17, 15) is 9.59 Å². The molecule has 0 unspecified atom stereocenters. The number of rotatable bonds is 4. The van der Waals surface area contributed by atoms with Gasteiger partial charge in [-0.2, -0.15) is 10.4 Å². The first kappa shape index (κ1) is 14.8. The maximum Gasteiger partial charge on any atom is 0.331 e. The molecule has 0 bridgehead atoms. The highest BCUT2D eigenvalue weighted by Gasteiger charge is 2.12. The van der Waals surface area contributed by atoms with E-state index in [0.29, 0.717) is 12.2 Å². The van der Waals surface area contributed by atoms with E-state index >= 15 is 0 Å². The van der Waals surface area contributed by atoms with Crippen molar-refractivity contribution in [3.8, 4) is 6.07 Å². The third-order valence-electron chi connectivity index (χ3n) is 3.21. The Hall–Kier alpha value is -2.62. The van der Waals surface area contributed by atoms with Gasteiger partial charge in [0.1, 0.15) is 11.6 Å². The number of hydrogen-bond acceptors (Lipinski definition) is 4. The quantitative estimate of drug-likeness (QED) is 0.829. The summed E-state index contributed by atoms with van der Waals surface area (Å²) >= 11 is 0. The Balaban J connectivity index is 2.50. The fraction of sp³-hybridized carbons (Fsp3) is 0.429. The van der Waals surface area contributed by atoms with E-state index in [-0.39, 0.29) is 18.2 Å². The van der Waals surface area contributed by atoms with Crippen molar-refractivity contribution in [1.82, 2.24) is 18.9 Å². The molecule has 7 nitrogen and oxygen atoms in total. The molecule has 0 amide bonds. The lowest BCUT2D eigenvalue weighted by Crippen LogP contribution is -2.41. The fourth-order valence-electron chi connectivity index (χ4n) is 2.01. The number of aromatic nitrogens is 4. The van der Waals surface area contributed by atoms with E-state index in [2.05, 4.69) is 5.10 Å². The Labute approximate surface area is 121 Å². The second-order valence-electron chi connectivity index (χ2n) is 5.00. The maximum atomic E-state index is 12.2. The molecule has 0 radical (unpaired) electrons. The average Bonchev–Trinajstić information content (AvgIpc) is 2.93. The Morgan fingerprint density at radius 3 is 2.62 bits per heavy atom. The maximum absolute atomic E-state index is 12.2. The minimum absolute atomic E-state index is 0.0419. The van der Waals surface area contributed by atoms with Crippen molar-refractivity contribution < 1.29 is 0 Å². The van der Waals surface area contributed by atoms with Gasteiger partial charge in [-0.15, -0.1) is 0 Å². The molecule has 110 valence electrons. The summed E-state index contributed by atoms with van der Waals surface area (Å²) in [5.74, 6) is 0. The van der Waals surface area contributed by atoms with Gasteiger partial charge in [-0.25, -0.2) is 4.79 Å². The summed E-state index contributed by atoms with van der Waals surface area (Å²) in [5, 5.41) is 13.3. The van der Waals surface area contributed by atoms with Crippen LogP contribution >= 0.6 is 0 Å². The summed E-state index contributed by atoms with van der Waals surface area (Å²) in [7, 11) is 0. The van der Waals surface area contributed by atoms with Crippen LogP contribution in [0.3, 0.4) is 0 Å². The lowest BCUT2D eigenvalue weighted by Gasteiger charge is -2.08. The minimum atomic E-state index is -0.578. The predicted octanol–water partition coefficient (Wildman–Crippen LogP) is 0.727. The standard InChI is InChI=1S/C14H17N5O2/c1-4-17-8-11(7-15)13(20)18(14(17)21)9-12-5-6-19(16-12)10(2)3/h5-6,8,10H,4,9H2,1-3H3. The van der Waals surface area contributed by atoms with Gasteiger partial charge in [0.05, 0.1) is 12.2 Å². The van der Waals surface area contributed by atoms with Crippen LogP contribution in [0.25, 0.3) is 0 Å². The van der Waals surface area contributed by atoms with Crippen LogP contribution in [0.1, 0.15) is 38.1 Å². The van der Waals surface area contributed by atoms with Crippen molar-refractivity contribution in [2.75, 3.05) is 0 Å². The molecule has 0 saturated carbocycles. The molecule has 0 saturated heterocycles. The smallest absolute Gasteiger partial charge is 0.299 e. The number of nitrogens with zero attached hydrogens (tertiary/aromatic N) is 5. The summed E-state index contributed by atoms with van der Waals surface area (Å²) in [6.45, 7) is 6.22. The molecular formula is C14H17N5O2. The normalized spacial score (nSPS) is 10.8. The van der Waals surface area contributed by atoms with Gasteiger partial charge in [-0.1, -0.05) is 0 Å². The van der Waals surface area contributed by atoms with E-state index in [1.165, 1.54) is 10.8 Å². The molecule has 0 aliphatic rings. The molecule has 0 fully saturated rings. The van der Waals surface area contributed by atoms with Crippen LogP contribution in [0.15, 0.2) is 28.0 Å². The molecule has 21 heavy (non-hydrogen) atoms. The average molecular weight is 287 g/mol. The first-order valence-electron chi connectivity index (χ1n) is 6.76. The Morgan fingerprint density at radius 1 is 1.38 bits per heavy atom. The highest BCUT2D eigenvalue weighted by Crippen LogP contribution is 2.04. The van der Waals surface area contributed by atoms with E-state index in [1.807, 2.05) is 19.9 Å². The molecule has 0 N–H and O–H groups in total. The topological polar surface area (TPSA) is 85.6 Å². The summed E-state index contributed by atoms with van der Waals surface area (Å²) < 4.78 is 4.15. The molecule has 7 heteroatoms. The summed E-state index contributed by atoms with van der Waals surface area (Å²) in [5.41, 5.74) is -0.438. The van der Waals surface area contributed by atoms with E-state index < -0.39 is 11.2 Å². The lowest BCUT2D eigenvalue weighted by molar-refractivity contribution is 0.518. The van der Waals surface area contributed by atoms with Crippen molar-refractivity contribution in [2.24, 2.45) is 0 Å². The zero-order valence-electron chi connectivity index (χ0n) is 12.3. The molecule has 2 aromatic rings. The molecule has 2 rings (SSSR count).